The van der Waals surface area contributed by atoms with Crippen LogP contribution in [0.5, 0.6) is 11.5 Å². The number of benzene rings is 1. The lowest BCUT2D eigenvalue weighted by molar-refractivity contribution is 0.174. The molecule has 0 radical (unpaired) electrons. The van der Waals surface area contributed by atoms with Gasteiger partial charge in [0.1, 0.15) is 11.5 Å². The second kappa shape index (κ2) is 7.31. The molecular formula is C16H24N2O2. The first-order chi connectivity index (χ1) is 9.78. The standard InChI is InChI=1S/C16H24N2O2/c1-4-5-16(18-8-6-17-7-9-18)13-10-14(19-2)12-15(11-13)20-3/h4,10-12,16-17H,1,5-9H2,2-3H3/t16-/m1/s1. The van der Waals surface area contributed by atoms with Crippen molar-refractivity contribution in [1.29, 1.82) is 0 Å². The molecule has 0 aliphatic carbocycles. The van der Waals surface area contributed by atoms with Crippen molar-refractivity contribution >= 4 is 0 Å². The third kappa shape index (κ3) is 3.52. The van der Waals surface area contributed by atoms with Crippen molar-refractivity contribution in [3.8, 4) is 11.5 Å². The van der Waals surface area contributed by atoms with Gasteiger partial charge in [0, 0.05) is 38.3 Å². The highest BCUT2D eigenvalue weighted by molar-refractivity contribution is 5.40. The molecule has 4 nitrogen and oxygen atoms in total. The summed E-state index contributed by atoms with van der Waals surface area (Å²) in [5, 5.41) is 3.39. The first kappa shape index (κ1) is 14.9. The minimum atomic E-state index is 0.332. The smallest absolute Gasteiger partial charge is 0.122 e. The van der Waals surface area contributed by atoms with Gasteiger partial charge in [-0.15, -0.1) is 6.58 Å². The molecule has 110 valence electrons. The molecule has 20 heavy (non-hydrogen) atoms. The van der Waals surface area contributed by atoms with Gasteiger partial charge in [0.15, 0.2) is 0 Å². The van der Waals surface area contributed by atoms with E-state index in [-0.39, 0.29) is 0 Å². The van der Waals surface area contributed by atoms with Crippen molar-refractivity contribution < 1.29 is 9.47 Å². The number of methoxy groups -OCH3 is 2. The number of rotatable bonds is 6. The van der Waals surface area contributed by atoms with Gasteiger partial charge >= 0.3 is 0 Å². The molecule has 1 heterocycles. The van der Waals surface area contributed by atoms with Crippen LogP contribution in [0, 0.1) is 0 Å². The molecule has 0 aromatic heterocycles. The first-order valence-corrected chi connectivity index (χ1v) is 7.07. The summed E-state index contributed by atoms with van der Waals surface area (Å²) >= 11 is 0. The van der Waals surface area contributed by atoms with Crippen LogP contribution in [0.25, 0.3) is 0 Å². The van der Waals surface area contributed by atoms with E-state index in [0.29, 0.717) is 6.04 Å². The fourth-order valence-electron chi connectivity index (χ4n) is 2.67. The maximum Gasteiger partial charge on any atom is 0.122 e. The highest BCUT2D eigenvalue weighted by Gasteiger charge is 2.22. The highest BCUT2D eigenvalue weighted by atomic mass is 16.5. The molecule has 0 amide bonds. The molecule has 0 spiro atoms. The van der Waals surface area contributed by atoms with Crippen LogP contribution in [0.1, 0.15) is 18.0 Å². The van der Waals surface area contributed by atoms with Gasteiger partial charge in [-0.2, -0.15) is 0 Å². The zero-order chi connectivity index (χ0) is 14.4. The minimum Gasteiger partial charge on any atom is -0.497 e. The summed E-state index contributed by atoms with van der Waals surface area (Å²) in [6.07, 6.45) is 2.91. The summed E-state index contributed by atoms with van der Waals surface area (Å²) in [7, 11) is 3.37. The zero-order valence-electron chi connectivity index (χ0n) is 12.4. The van der Waals surface area contributed by atoms with Crippen LogP contribution in [0.3, 0.4) is 0 Å². The van der Waals surface area contributed by atoms with Crippen molar-refractivity contribution in [2.45, 2.75) is 12.5 Å². The number of nitrogens with one attached hydrogen (secondary N) is 1. The van der Waals surface area contributed by atoms with Crippen LogP contribution in [0.15, 0.2) is 30.9 Å². The molecule has 1 aromatic rings. The van der Waals surface area contributed by atoms with Gasteiger partial charge in [0.2, 0.25) is 0 Å². The molecule has 1 atom stereocenters. The summed E-state index contributed by atoms with van der Waals surface area (Å²) in [6, 6.07) is 6.43. The highest BCUT2D eigenvalue weighted by Crippen LogP contribution is 2.31. The average Bonchev–Trinajstić information content (AvgIpc) is 2.52. The molecule has 0 saturated carbocycles. The molecule has 4 heteroatoms. The normalized spacial score (nSPS) is 17.5. The Kier molecular flexibility index (Phi) is 5.44. The number of ether oxygens (including phenoxy) is 2. The van der Waals surface area contributed by atoms with E-state index < -0.39 is 0 Å². The Hall–Kier alpha value is -1.52. The van der Waals surface area contributed by atoms with Crippen molar-refractivity contribution in [3.05, 3.63) is 36.4 Å². The maximum atomic E-state index is 5.38. The predicted octanol–water partition coefficient (Wildman–Crippen LogP) is 2.23. The molecule has 0 unspecified atom stereocenters. The molecule has 1 aromatic carbocycles. The number of nitrogens with zero attached hydrogens (tertiary/aromatic N) is 1. The Morgan fingerprint density at radius 3 is 2.30 bits per heavy atom. The number of hydrogen-bond acceptors (Lipinski definition) is 4. The van der Waals surface area contributed by atoms with Crippen molar-refractivity contribution in [1.82, 2.24) is 10.2 Å². The quantitative estimate of drug-likeness (QED) is 0.808. The first-order valence-electron chi connectivity index (χ1n) is 7.07. The van der Waals surface area contributed by atoms with Crippen LogP contribution in [0.4, 0.5) is 0 Å². The van der Waals surface area contributed by atoms with Crippen LogP contribution in [-0.2, 0) is 0 Å². The molecule has 2 rings (SSSR count). The molecule has 1 saturated heterocycles. The van der Waals surface area contributed by atoms with E-state index in [4.69, 9.17) is 9.47 Å². The van der Waals surface area contributed by atoms with E-state index in [1.165, 1.54) is 5.56 Å². The summed E-state index contributed by atoms with van der Waals surface area (Å²) in [5.74, 6) is 1.67. The maximum absolute atomic E-state index is 5.38. The van der Waals surface area contributed by atoms with Gasteiger partial charge in [0.05, 0.1) is 14.2 Å². The monoisotopic (exact) mass is 276 g/mol. The molecule has 1 fully saturated rings. The van der Waals surface area contributed by atoms with Gasteiger partial charge in [-0.1, -0.05) is 6.08 Å². The van der Waals surface area contributed by atoms with Crippen LogP contribution in [0.2, 0.25) is 0 Å². The van der Waals surface area contributed by atoms with Crippen LogP contribution >= 0.6 is 0 Å². The van der Waals surface area contributed by atoms with Gasteiger partial charge in [-0.25, -0.2) is 0 Å². The molecular weight excluding hydrogens is 252 g/mol. The van der Waals surface area contributed by atoms with E-state index in [1.54, 1.807) is 14.2 Å². The van der Waals surface area contributed by atoms with Crippen molar-refractivity contribution in [2.24, 2.45) is 0 Å². The Morgan fingerprint density at radius 1 is 1.20 bits per heavy atom. The minimum absolute atomic E-state index is 0.332. The third-order valence-electron chi connectivity index (χ3n) is 3.74. The lowest BCUT2D eigenvalue weighted by Crippen LogP contribution is -2.45. The van der Waals surface area contributed by atoms with Gasteiger partial charge < -0.3 is 14.8 Å². The van der Waals surface area contributed by atoms with Gasteiger partial charge in [0.25, 0.3) is 0 Å². The molecule has 1 N–H and O–H groups in total. The zero-order valence-corrected chi connectivity index (χ0v) is 12.4. The second-order valence-corrected chi connectivity index (χ2v) is 4.97. The third-order valence-corrected chi connectivity index (χ3v) is 3.74. The number of hydrogen-bond donors (Lipinski definition) is 1. The summed E-state index contributed by atoms with van der Waals surface area (Å²) in [5.41, 5.74) is 1.23. The van der Waals surface area contributed by atoms with E-state index >= 15 is 0 Å². The lowest BCUT2D eigenvalue weighted by Gasteiger charge is -2.35. The summed E-state index contributed by atoms with van der Waals surface area (Å²) in [6.45, 7) is 8.08. The van der Waals surface area contributed by atoms with E-state index in [9.17, 15) is 0 Å². The Bertz CT molecular complexity index is 420. The van der Waals surface area contributed by atoms with Gasteiger partial charge in [-0.05, 0) is 24.1 Å². The van der Waals surface area contributed by atoms with Crippen molar-refractivity contribution in [2.75, 3.05) is 40.4 Å². The SMILES string of the molecule is C=CC[C@H](c1cc(OC)cc(OC)c1)N1CCNCC1. The fourth-order valence-corrected chi connectivity index (χ4v) is 2.67. The Morgan fingerprint density at radius 2 is 1.80 bits per heavy atom. The van der Waals surface area contributed by atoms with E-state index in [0.717, 1.165) is 44.1 Å². The van der Waals surface area contributed by atoms with Crippen molar-refractivity contribution in [3.63, 3.8) is 0 Å². The lowest BCUT2D eigenvalue weighted by atomic mass is 10.0. The summed E-state index contributed by atoms with van der Waals surface area (Å²) < 4.78 is 10.8. The topological polar surface area (TPSA) is 33.7 Å². The van der Waals surface area contributed by atoms with Gasteiger partial charge in [-0.3, -0.25) is 4.90 Å². The summed E-state index contributed by atoms with van der Waals surface area (Å²) in [4.78, 5) is 2.49. The van der Waals surface area contributed by atoms with E-state index in [1.807, 2.05) is 12.1 Å². The predicted molar refractivity (Wildman–Crippen MR) is 81.5 cm³/mol. The number of piperazine rings is 1. The molecule has 1 aliphatic rings. The van der Waals surface area contributed by atoms with E-state index in [2.05, 4.69) is 28.9 Å². The fraction of sp³-hybridized carbons (Fsp3) is 0.500. The average molecular weight is 276 g/mol. The molecule has 0 bridgehead atoms. The van der Waals surface area contributed by atoms with Crippen LogP contribution in [-0.4, -0.2) is 45.3 Å². The largest absolute Gasteiger partial charge is 0.497 e. The molecule has 1 aliphatic heterocycles. The van der Waals surface area contributed by atoms with Crippen LogP contribution < -0.4 is 14.8 Å². The Balaban J connectivity index is 2.29. The second-order valence-electron chi connectivity index (χ2n) is 4.97. The Labute approximate surface area is 121 Å².